The molecule has 0 aliphatic carbocycles. The van der Waals surface area contributed by atoms with E-state index in [1.807, 2.05) is 0 Å². The number of fused-ring (bicyclic) bond motifs is 2. The van der Waals surface area contributed by atoms with Gasteiger partial charge in [0.05, 0.1) is 39.1 Å². The lowest BCUT2D eigenvalue weighted by Crippen LogP contribution is -2.29. The molecule has 2 heterocycles. The van der Waals surface area contributed by atoms with Gasteiger partial charge < -0.3 is 14.2 Å². The van der Waals surface area contributed by atoms with Crippen molar-refractivity contribution in [2.45, 2.75) is 19.3 Å². The maximum Gasteiger partial charge on any atom is 0.416 e. The Labute approximate surface area is 295 Å². The summed E-state index contributed by atoms with van der Waals surface area (Å²) in [5, 5.41) is 0. The molecule has 53 heavy (non-hydrogen) atoms. The van der Waals surface area contributed by atoms with Gasteiger partial charge in [0.2, 0.25) is 0 Å². The van der Waals surface area contributed by atoms with E-state index in [4.69, 9.17) is 14.2 Å². The second kappa shape index (κ2) is 12.5. The van der Waals surface area contributed by atoms with Gasteiger partial charge in [-0.15, -0.1) is 0 Å². The van der Waals surface area contributed by atoms with Gasteiger partial charge in [0.25, 0.3) is 23.6 Å². The van der Waals surface area contributed by atoms with Gasteiger partial charge in [-0.2, -0.15) is 26.3 Å². The van der Waals surface area contributed by atoms with Crippen LogP contribution in [-0.4, -0.2) is 35.6 Å². The number of ether oxygens (including phenoxy) is 3. The molecular formula is C38H22F6N2O7. The number of hydrogen-bond donors (Lipinski definition) is 0. The van der Waals surface area contributed by atoms with E-state index >= 15 is 0 Å². The summed E-state index contributed by atoms with van der Waals surface area (Å²) in [6, 6.07) is 18.9. The van der Waals surface area contributed by atoms with Crippen molar-refractivity contribution in [3.63, 3.8) is 0 Å². The number of rotatable bonds is 7. The van der Waals surface area contributed by atoms with E-state index in [2.05, 4.69) is 0 Å². The van der Waals surface area contributed by atoms with E-state index in [-0.39, 0.29) is 56.6 Å². The van der Waals surface area contributed by atoms with Gasteiger partial charge in [0.15, 0.2) is 0 Å². The summed E-state index contributed by atoms with van der Waals surface area (Å²) in [5.74, 6) is -3.28. The number of carbonyl (C=O) groups excluding carboxylic acids is 4. The largest absolute Gasteiger partial charge is 0.457 e. The predicted molar refractivity (Wildman–Crippen MR) is 175 cm³/mol. The standard InChI is InChI=1S/C38H22F6N2O7/c1-19-10-20(37(39,40)41)13-27(11-19)52-23-4-3-5-24(16-23)53-28-14-21(38(42,43)44)12-22(15-28)46-35(49)30-9-7-26(18-32(30)36(46)50)51-25-6-8-29-31(17-25)34(48)45(2)33(29)47/h3-18H,1-2H3. The fourth-order valence-corrected chi connectivity index (χ4v) is 5.84. The average Bonchev–Trinajstić information content (AvgIpc) is 3.46. The molecule has 0 N–H and O–H groups in total. The van der Waals surface area contributed by atoms with Gasteiger partial charge in [0, 0.05) is 19.2 Å². The number of nitrogens with zero attached hydrogens (tertiary/aromatic N) is 2. The molecule has 5 aromatic rings. The van der Waals surface area contributed by atoms with E-state index < -0.39 is 58.5 Å². The fourth-order valence-electron chi connectivity index (χ4n) is 5.84. The van der Waals surface area contributed by atoms with Gasteiger partial charge in [0.1, 0.15) is 34.5 Å². The Bertz CT molecular complexity index is 2390. The Hall–Kier alpha value is -6.64. The van der Waals surface area contributed by atoms with Crippen molar-refractivity contribution in [3.05, 3.63) is 136 Å². The molecule has 15 heteroatoms. The molecule has 0 spiro atoms. The topological polar surface area (TPSA) is 102 Å². The maximum atomic E-state index is 14.1. The molecule has 0 fully saturated rings. The van der Waals surface area contributed by atoms with Crippen LogP contribution in [-0.2, 0) is 12.4 Å². The SMILES string of the molecule is Cc1cc(Oc2cccc(Oc3cc(N4C(=O)c5ccc(Oc6ccc7c(c6)C(=O)N(C)C7=O)cc5C4=O)cc(C(F)(F)F)c3)c2)cc(C(F)(F)F)c1. The van der Waals surface area contributed by atoms with Crippen LogP contribution < -0.4 is 19.1 Å². The number of alkyl halides is 6. The zero-order valence-electron chi connectivity index (χ0n) is 27.3. The van der Waals surface area contributed by atoms with Crippen LogP contribution >= 0.6 is 0 Å². The molecule has 0 atom stereocenters. The van der Waals surface area contributed by atoms with Gasteiger partial charge in [-0.1, -0.05) is 6.07 Å². The van der Waals surface area contributed by atoms with Crippen LogP contribution in [0, 0.1) is 6.92 Å². The zero-order chi connectivity index (χ0) is 38.0. The van der Waals surface area contributed by atoms with Crippen LogP contribution in [0.15, 0.2) is 97.1 Å². The molecule has 0 saturated carbocycles. The highest BCUT2D eigenvalue weighted by molar-refractivity contribution is 6.34. The third-order valence-corrected chi connectivity index (χ3v) is 8.29. The molecule has 5 aromatic carbocycles. The van der Waals surface area contributed by atoms with E-state index in [1.54, 1.807) is 0 Å². The highest BCUT2D eigenvalue weighted by atomic mass is 19.4. The number of anilines is 1. The van der Waals surface area contributed by atoms with Gasteiger partial charge in [-0.05, 0) is 91.3 Å². The maximum absolute atomic E-state index is 14.1. The van der Waals surface area contributed by atoms with Crippen molar-refractivity contribution < 1.29 is 59.7 Å². The molecule has 4 amide bonds. The minimum Gasteiger partial charge on any atom is -0.457 e. The van der Waals surface area contributed by atoms with E-state index in [0.29, 0.717) is 17.0 Å². The highest BCUT2D eigenvalue weighted by Crippen LogP contribution is 2.41. The fraction of sp³-hybridized carbons (Fsp3) is 0.105. The first-order valence-electron chi connectivity index (χ1n) is 15.5. The lowest BCUT2D eigenvalue weighted by molar-refractivity contribution is -0.138. The average molecular weight is 733 g/mol. The molecule has 268 valence electrons. The van der Waals surface area contributed by atoms with Crippen molar-refractivity contribution >= 4 is 29.3 Å². The van der Waals surface area contributed by atoms with Crippen LogP contribution in [0.4, 0.5) is 32.0 Å². The van der Waals surface area contributed by atoms with E-state index in [1.165, 1.54) is 80.7 Å². The molecule has 2 aliphatic heterocycles. The lowest BCUT2D eigenvalue weighted by atomic mass is 10.1. The molecular weight excluding hydrogens is 710 g/mol. The smallest absolute Gasteiger partial charge is 0.416 e. The zero-order valence-corrected chi connectivity index (χ0v) is 27.3. The molecule has 0 radical (unpaired) electrons. The van der Waals surface area contributed by atoms with Crippen molar-refractivity contribution in [2.75, 3.05) is 11.9 Å². The Kier molecular flexibility index (Phi) is 8.23. The number of amides is 4. The van der Waals surface area contributed by atoms with Gasteiger partial charge >= 0.3 is 12.4 Å². The summed E-state index contributed by atoms with van der Waals surface area (Å²) in [4.78, 5) is 53.2. The van der Waals surface area contributed by atoms with Crippen molar-refractivity contribution in [3.8, 4) is 34.5 Å². The third kappa shape index (κ3) is 6.64. The summed E-state index contributed by atoms with van der Waals surface area (Å²) < 4.78 is 99.3. The van der Waals surface area contributed by atoms with Crippen LogP contribution in [0.1, 0.15) is 58.1 Å². The molecule has 0 unspecified atom stereocenters. The number of imide groups is 2. The minimum atomic E-state index is -4.93. The van der Waals surface area contributed by atoms with Crippen molar-refractivity contribution in [1.82, 2.24) is 4.90 Å². The Morgan fingerprint density at radius 3 is 1.51 bits per heavy atom. The third-order valence-electron chi connectivity index (χ3n) is 8.29. The van der Waals surface area contributed by atoms with Crippen molar-refractivity contribution in [2.24, 2.45) is 0 Å². The Morgan fingerprint density at radius 2 is 0.925 bits per heavy atom. The normalized spacial score (nSPS) is 14.1. The number of hydrogen-bond acceptors (Lipinski definition) is 7. The summed E-state index contributed by atoms with van der Waals surface area (Å²) >= 11 is 0. The van der Waals surface area contributed by atoms with Gasteiger partial charge in [-0.3, -0.25) is 24.1 Å². The summed E-state index contributed by atoms with van der Waals surface area (Å²) in [6.07, 6.45) is -9.56. The number of carbonyl (C=O) groups is 4. The number of benzene rings is 5. The Balaban J connectivity index is 1.15. The summed E-state index contributed by atoms with van der Waals surface area (Å²) in [7, 11) is 1.33. The van der Waals surface area contributed by atoms with Crippen molar-refractivity contribution in [1.29, 1.82) is 0 Å². The molecule has 0 aromatic heterocycles. The quantitative estimate of drug-likeness (QED) is 0.121. The second-order valence-corrected chi connectivity index (χ2v) is 12.1. The van der Waals surface area contributed by atoms with Crippen LogP contribution in [0.2, 0.25) is 0 Å². The van der Waals surface area contributed by atoms with Crippen LogP contribution in [0.5, 0.6) is 34.5 Å². The molecule has 9 nitrogen and oxygen atoms in total. The molecule has 2 aliphatic rings. The highest BCUT2D eigenvalue weighted by Gasteiger charge is 2.40. The van der Waals surface area contributed by atoms with Crippen LogP contribution in [0.25, 0.3) is 0 Å². The number of aryl methyl sites for hydroxylation is 1. The molecule has 7 rings (SSSR count). The van der Waals surface area contributed by atoms with Gasteiger partial charge in [-0.25, -0.2) is 4.90 Å². The number of halogens is 6. The minimum absolute atomic E-state index is 0.0131. The van der Waals surface area contributed by atoms with E-state index in [0.717, 1.165) is 23.1 Å². The first-order valence-corrected chi connectivity index (χ1v) is 15.5. The molecule has 0 saturated heterocycles. The first kappa shape index (κ1) is 34.8. The van der Waals surface area contributed by atoms with Crippen LogP contribution in [0.3, 0.4) is 0 Å². The lowest BCUT2D eigenvalue weighted by Gasteiger charge is -2.18. The van der Waals surface area contributed by atoms with E-state index in [9.17, 15) is 45.5 Å². The monoisotopic (exact) mass is 732 g/mol. The summed E-state index contributed by atoms with van der Waals surface area (Å²) in [5.41, 5.74) is -2.35. The molecule has 0 bridgehead atoms. The second-order valence-electron chi connectivity index (χ2n) is 12.1. The Morgan fingerprint density at radius 1 is 0.472 bits per heavy atom. The predicted octanol–water partition coefficient (Wildman–Crippen LogP) is 9.44. The summed E-state index contributed by atoms with van der Waals surface area (Å²) in [6.45, 7) is 1.46. The first-order chi connectivity index (χ1) is 25.0.